The average Bonchev–Trinajstić information content (AvgIpc) is 3.26. The fourth-order valence-electron chi connectivity index (χ4n) is 2.08. The molecule has 3 rings (SSSR count). The van der Waals surface area contributed by atoms with Crippen molar-refractivity contribution in [3.63, 3.8) is 0 Å². The first-order chi connectivity index (χ1) is 11.7. The summed E-state index contributed by atoms with van der Waals surface area (Å²) in [6.07, 6.45) is 1.53. The van der Waals surface area contributed by atoms with E-state index in [1.807, 2.05) is 6.92 Å². The fraction of sp³-hybridized carbons (Fsp3) is 0.235. The molecular formula is C17H16N2O4S. The minimum Gasteiger partial charge on any atom is -0.494 e. The summed E-state index contributed by atoms with van der Waals surface area (Å²) in [5, 5.41) is 7.83. The van der Waals surface area contributed by atoms with Gasteiger partial charge in [0, 0.05) is 5.56 Å². The van der Waals surface area contributed by atoms with E-state index in [-0.39, 0.29) is 11.0 Å². The summed E-state index contributed by atoms with van der Waals surface area (Å²) >= 11 is 1.22. The van der Waals surface area contributed by atoms with Gasteiger partial charge in [-0.1, -0.05) is 11.8 Å². The van der Waals surface area contributed by atoms with E-state index >= 15 is 0 Å². The second-order valence-electron chi connectivity index (χ2n) is 4.93. The molecule has 24 heavy (non-hydrogen) atoms. The Morgan fingerprint density at radius 1 is 1.25 bits per heavy atom. The second-order valence-corrected chi connectivity index (χ2v) is 6.22. The fourth-order valence-corrected chi connectivity index (χ4v) is 2.84. The van der Waals surface area contributed by atoms with E-state index in [1.54, 1.807) is 43.3 Å². The number of thioether (sulfide) groups is 1. The molecule has 0 amide bonds. The van der Waals surface area contributed by atoms with E-state index in [0.29, 0.717) is 29.0 Å². The molecule has 1 aromatic carbocycles. The SMILES string of the molecule is CCOc1ccc(C(=O)[C@H](C)Sc2nnc(-c3ccco3)o2)cc1. The summed E-state index contributed by atoms with van der Waals surface area (Å²) in [4.78, 5) is 12.5. The zero-order chi connectivity index (χ0) is 16.9. The molecule has 0 aliphatic rings. The summed E-state index contributed by atoms with van der Waals surface area (Å²) in [5.41, 5.74) is 0.615. The largest absolute Gasteiger partial charge is 0.494 e. The molecule has 0 spiro atoms. The number of ether oxygens (including phenoxy) is 1. The van der Waals surface area contributed by atoms with Crippen molar-refractivity contribution in [2.45, 2.75) is 24.3 Å². The van der Waals surface area contributed by atoms with Crippen molar-refractivity contribution in [1.82, 2.24) is 10.2 Å². The summed E-state index contributed by atoms with van der Waals surface area (Å²) in [6.45, 7) is 4.31. The van der Waals surface area contributed by atoms with Crippen molar-refractivity contribution in [2.24, 2.45) is 0 Å². The van der Waals surface area contributed by atoms with Gasteiger partial charge in [0.05, 0.1) is 18.1 Å². The molecule has 6 nitrogen and oxygen atoms in total. The van der Waals surface area contributed by atoms with Crippen LogP contribution in [0.25, 0.3) is 11.7 Å². The van der Waals surface area contributed by atoms with Crippen molar-refractivity contribution in [1.29, 1.82) is 0 Å². The molecule has 0 saturated carbocycles. The first kappa shape index (κ1) is 16.3. The quantitative estimate of drug-likeness (QED) is 0.472. The van der Waals surface area contributed by atoms with Gasteiger partial charge in [-0.2, -0.15) is 0 Å². The standard InChI is InChI=1S/C17H16N2O4S/c1-3-21-13-8-6-12(7-9-13)15(20)11(2)24-17-19-18-16(23-17)14-5-4-10-22-14/h4-11H,3H2,1-2H3/t11-/m0/s1. The van der Waals surface area contributed by atoms with Gasteiger partial charge in [-0.25, -0.2) is 0 Å². The molecule has 0 unspecified atom stereocenters. The van der Waals surface area contributed by atoms with Gasteiger partial charge in [0.2, 0.25) is 0 Å². The van der Waals surface area contributed by atoms with E-state index in [2.05, 4.69) is 10.2 Å². The average molecular weight is 344 g/mol. The Kier molecular flexibility index (Phi) is 5.00. The molecule has 0 radical (unpaired) electrons. The molecule has 0 fully saturated rings. The predicted octanol–water partition coefficient (Wildman–Crippen LogP) is 4.09. The molecule has 2 heterocycles. The Morgan fingerprint density at radius 3 is 2.71 bits per heavy atom. The minimum atomic E-state index is -0.354. The van der Waals surface area contributed by atoms with Crippen LogP contribution in [-0.4, -0.2) is 27.8 Å². The molecule has 2 aromatic heterocycles. The van der Waals surface area contributed by atoms with Crippen LogP contribution in [0.15, 0.2) is 56.7 Å². The number of carbonyl (C=O) groups excluding carboxylic acids is 1. The van der Waals surface area contributed by atoms with Crippen molar-refractivity contribution in [3.05, 3.63) is 48.2 Å². The lowest BCUT2D eigenvalue weighted by Gasteiger charge is -2.08. The Morgan fingerprint density at radius 2 is 2.04 bits per heavy atom. The number of hydrogen-bond donors (Lipinski definition) is 0. The van der Waals surface area contributed by atoms with Crippen molar-refractivity contribution >= 4 is 17.5 Å². The van der Waals surface area contributed by atoms with Crippen molar-refractivity contribution < 1.29 is 18.4 Å². The zero-order valence-corrected chi connectivity index (χ0v) is 14.1. The van der Waals surface area contributed by atoms with E-state index in [1.165, 1.54) is 18.0 Å². The third-order valence-electron chi connectivity index (χ3n) is 3.24. The molecule has 0 aliphatic heterocycles. The van der Waals surface area contributed by atoms with Gasteiger partial charge in [0.1, 0.15) is 5.75 Å². The van der Waals surface area contributed by atoms with Gasteiger partial charge in [0.15, 0.2) is 11.5 Å². The third-order valence-corrected chi connectivity index (χ3v) is 4.17. The molecule has 7 heteroatoms. The van der Waals surface area contributed by atoms with E-state index < -0.39 is 0 Å². The zero-order valence-electron chi connectivity index (χ0n) is 13.3. The highest BCUT2D eigenvalue weighted by molar-refractivity contribution is 8.00. The highest BCUT2D eigenvalue weighted by Gasteiger charge is 2.20. The van der Waals surface area contributed by atoms with Gasteiger partial charge < -0.3 is 13.6 Å². The molecule has 0 saturated heterocycles. The Balaban J connectivity index is 1.65. The molecule has 3 aromatic rings. The lowest BCUT2D eigenvalue weighted by molar-refractivity contribution is 0.0993. The topological polar surface area (TPSA) is 78.4 Å². The van der Waals surface area contributed by atoms with Gasteiger partial charge in [-0.05, 0) is 50.2 Å². The van der Waals surface area contributed by atoms with Crippen LogP contribution >= 0.6 is 11.8 Å². The number of carbonyl (C=O) groups is 1. The first-order valence-electron chi connectivity index (χ1n) is 7.48. The molecule has 1 atom stereocenters. The summed E-state index contributed by atoms with van der Waals surface area (Å²) in [7, 11) is 0. The van der Waals surface area contributed by atoms with Crippen LogP contribution in [0.2, 0.25) is 0 Å². The lowest BCUT2D eigenvalue weighted by atomic mass is 10.1. The smallest absolute Gasteiger partial charge is 0.284 e. The van der Waals surface area contributed by atoms with E-state index in [0.717, 1.165) is 5.75 Å². The van der Waals surface area contributed by atoms with E-state index in [4.69, 9.17) is 13.6 Å². The van der Waals surface area contributed by atoms with Crippen molar-refractivity contribution in [3.8, 4) is 17.4 Å². The summed E-state index contributed by atoms with van der Waals surface area (Å²) in [5.74, 6) is 1.53. The normalized spacial score (nSPS) is 12.1. The molecule has 124 valence electrons. The Labute approximate surface area is 143 Å². The van der Waals surface area contributed by atoms with Crippen LogP contribution < -0.4 is 4.74 Å². The molecule has 0 bridgehead atoms. The minimum absolute atomic E-state index is 0.0132. The lowest BCUT2D eigenvalue weighted by Crippen LogP contribution is -2.13. The van der Waals surface area contributed by atoms with Gasteiger partial charge in [-0.15, -0.1) is 10.2 Å². The number of benzene rings is 1. The van der Waals surface area contributed by atoms with Crippen LogP contribution in [0.3, 0.4) is 0 Å². The number of nitrogens with zero attached hydrogens (tertiary/aromatic N) is 2. The maximum atomic E-state index is 12.5. The van der Waals surface area contributed by atoms with Gasteiger partial charge in [-0.3, -0.25) is 4.79 Å². The summed E-state index contributed by atoms with van der Waals surface area (Å²) < 4.78 is 16.1. The van der Waals surface area contributed by atoms with E-state index in [9.17, 15) is 4.79 Å². The monoisotopic (exact) mass is 344 g/mol. The van der Waals surface area contributed by atoms with Gasteiger partial charge in [0.25, 0.3) is 11.1 Å². The number of furan rings is 1. The number of ketones is 1. The highest BCUT2D eigenvalue weighted by atomic mass is 32.2. The maximum absolute atomic E-state index is 12.5. The third kappa shape index (κ3) is 3.68. The van der Waals surface area contributed by atoms with Crippen LogP contribution in [0.5, 0.6) is 5.75 Å². The maximum Gasteiger partial charge on any atom is 0.284 e. The highest BCUT2D eigenvalue weighted by Crippen LogP contribution is 2.28. The van der Waals surface area contributed by atoms with Crippen LogP contribution in [0, 0.1) is 0 Å². The summed E-state index contributed by atoms with van der Waals surface area (Å²) in [6, 6.07) is 10.6. The van der Waals surface area contributed by atoms with Crippen LogP contribution in [0.1, 0.15) is 24.2 Å². The Bertz CT molecular complexity index is 796. The molecule has 0 N–H and O–H groups in total. The number of aromatic nitrogens is 2. The predicted molar refractivity (Wildman–Crippen MR) is 89.3 cm³/mol. The second kappa shape index (κ2) is 7.35. The van der Waals surface area contributed by atoms with Crippen molar-refractivity contribution in [2.75, 3.05) is 6.61 Å². The van der Waals surface area contributed by atoms with Gasteiger partial charge >= 0.3 is 0 Å². The molecule has 0 aliphatic carbocycles. The van der Waals surface area contributed by atoms with Crippen LogP contribution in [0.4, 0.5) is 0 Å². The molecular weight excluding hydrogens is 328 g/mol. The number of rotatable bonds is 7. The Hall–Kier alpha value is -2.54. The number of Topliss-reactive ketones (excluding diaryl/α,β-unsaturated/α-hetero) is 1. The first-order valence-corrected chi connectivity index (χ1v) is 8.36. The number of hydrogen-bond acceptors (Lipinski definition) is 7. The van der Waals surface area contributed by atoms with Crippen LogP contribution in [-0.2, 0) is 0 Å².